The SMILES string of the molecule is Cc1ccc(C(=O)N(C)c2ccc(OC(=O)CN3C(=O)c4ccccc4N4C(=O)CCC34C)cc2)cc1. The molecular formula is C29H27N3O5. The largest absolute Gasteiger partial charge is 0.425 e. The molecule has 5 rings (SSSR count). The van der Waals surface area contributed by atoms with Gasteiger partial charge in [-0.2, -0.15) is 0 Å². The van der Waals surface area contributed by atoms with E-state index in [9.17, 15) is 19.2 Å². The van der Waals surface area contributed by atoms with E-state index in [4.69, 9.17) is 4.74 Å². The van der Waals surface area contributed by atoms with E-state index in [0.717, 1.165) is 5.56 Å². The van der Waals surface area contributed by atoms with E-state index < -0.39 is 11.6 Å². The molecule has 2 aliphatic rings. The molecule has 3 aromatic rings. The minimum absolute atomic E-state index is 0.0827. The molecule has 2 aliphatic heterocycles. The predicted octanol–water partition coefficient (Wildman–Crippen LogP) is 4.18. The molecule has 0 bridgehead atoms. The summed E-state index contributed by atoms with van der Waals surface area (Å²) in [7, 11) is 1.68. The molecule has 3 aromatic carbocycles. The van der Waals surface area contributed by atoms with Crippen LogP contribution in [0.15, 0.2) is 72.8 Å². The van der Waals surface area contributed by atoms with Gasteiger partial charge in [-0.25, -0.2) is 4.79 Å². The van der Waals surface area contributed by atoms with Crippen molar-refractivity contribution in [2.75, 3.05) is 23.4 Å². The highest BCUT2D eigenvalue weighted by Crippen LogP contribution is 2.43. The molecule has 3 amide bonds. The van der Waals surface area contributed by atoms with E-state index in [1.165, 1.54) is 9.80 Å². The van der Waals surface area contributed by atoms with Crippen LogP contribution in [0.1, 0.15) is 46.0 Å². The van der Waals surface area contributed by atoms with Gasteiger partial charge < -0.3 is 14.5 Å². The Morgan fingerprint density at radius 1 is 0.973 bits per heavy atom. The number of benzene rings is 3. The monoisotopic (exact) mass is 497 g/mol. The lowest BCUT2D eigenvalue weighted by molar-refractivity contribution is -0.136. The molecule has 8 heteroatoms. The van der Waals surface area contributed by atoms with E-state index in [2.05, 4.69) is 0 Å². The number of para-hydroxylation sites is 1. The van der Waals surface area contributed by atoms with E-state index in [0.29, 0.717) is 41.1 Å². The van der Waals surface area contributed by atoms with Crippen LogP contribution >= 0.6 is 0 Å². The molecule has 0 aromatic heterocycles. The number of hydrogen-bond donors (Lipinski definition) is 0. The van der Waals surface area contributed by atoms with Gasteiger partial charge in [-0.1, -0.05) is 29.8 Å². The number of rotatable bonds is 5. The van der Waals surface area contributed by atoms with Crippen LogP contribution in [0.5, 0.6) is 5.75 Å². The van der Waals surface area contributed by atoms with Crippen molar-refractivity contribution in [2.45, 2.75) is 32.4 Å². The first-order valence-corrected chi connectivity index (χ1v) is 12.1. The first kappa shape index (κ1) is 24.2. The van der Waals surface area contributed by atoms with Crippen LogP contribution in [0.2, 0.25) is 0 Å². The first-order chi connectivity index (χ1) is 17.7. The average Bonchev–Trinajstić information content (AvgIpc) is 3.21. The molecule has 0 spiro atoms. The topological polar surface area (TPSA) is 87.2 Å². The van der Waals surface area contributed by atoms with E-state index in [1.807, 2.05) is 19.1 Å². The van der Waals surface area contributed by atoms with Crippen LogP contribution in [-0.4, -0.2) is 47.8 Å². The maximum atomic E-state index is 13.3. The molecule has 1 unspecified atom stereocenters. The maximum Gasteiger partial charge on any atom is 0.331 e. The van der Waals surface area contributed by atoms with Crippen LogP contribution in [0.25, 0.3) is 0 Å². The quantitative estimate of drug-likeness (QED) is 0.390. The van der Waals surface area contributed by atoms with Gasteiger partial charge in [0.05, 0.1) is 11.3 Å². The number of esters is 1. The van der Waals surface area contributed by atoms with Gasteiger partial charge in [0, 0.05) is 24.7 Å². The summed E-state index contributed by atoms with van der Waals surface area (Å²) in [5.41, 5.74) is 2.30. The molecular weight excluding hydrogens is 470 g/mol. The zero-order valence-electron chi connectivity index (χ0n) is 20.9. The van der Waals surface area contributed by atoms with E-state index in [1.54, 1.807) is 79.5 Å². The van der Waals surface area contributed by atoms with Crippen molar-refractivity contribution in [2.24, 2.45) is 0 Å². The van der Waals surface area contributed by atoms with E-state index >= 15 is 0 Å². The Bertz CT molecular complexity index is 1400. The van der Waals surface area contributed by atoms with Gasteiger partial charge >= 0.3 is 5.97 Å². The third-order valence-corrected chi connectivity index (χ3v) is 7.09. The Kier molecular flexibility index (Phi) is 6.03. The number of hydrogen-bond acceptors (Lipinski definition) is 5. The van der Waals surface area contributed by atoms with Gasteiger partial charge in [0.2, 0.25) is 5.91 Å². The van der Waals surface area contributed by atoms with Crippen molar-refractivity contribution in [3.63, 3.8) is 0 Å². The Labute approximate surface area is 215 Å². The van der Waals surface area contributed by atoms with Gasteiger partial charge in [-0.05, 0) is 68.8 Å². The first-order valence-electron chi connectivity index (χ1n) is 12.1. The highest BCUT2D eigenvalue weighted by molar-refractivity contribution is 6.11. The van der Waals surface area contributed by atoms with Gasteiger partial charge in [0.1, 0.15) is 18.0 Å². The summed E-state index contributed by atoms with van der Waals surface area (Å²) >= 11 is 0. The molecule has 8 nitrogen and oxygen atoms in total. The number of carbonyl (C=O) groups is 4. The van der Waals surface area contributed by atoms with Crippen LogP contribution in [0.4, 0.5) is 11.4 Å². The molecule has 2 heterocycles. The Morgan fingerprint density at radius 2 is 1.65 bits per heavy atom. The second-order valence-corrected chi connectivity index (χ2v) is 9.55. The van der Waals surface area contributed by atoms with Crippen LogP contribution in [-0.2, 0) is 9.59 Å². The number of amides is 3. The summed E-state index contributed by atoms with van der Waals surface area (Å²) in [5, 5.41) is 0. The second kappa shape index (κ2) is 9.20. The molecule has 0 saturated carbocycles. The maximum absolute atomic E-state index is 13.3. The molecule has 1 atom stereocenters. The fourth-order valence-corrected chi connectivity index (χ4v) is 4.98. The number of nitrogens with zero attached hydrogens (tertiary/aromatic N) is 3. The summed E-state index contributed by atoms with van der Waals surface area (Å²) in [6.07, 6.45) is 0.717. The molecule has 1 saturated heterocycles. The lowest BCUT2D eigenvalue weighted by atomic mass is 9.98. The highest BCUT2D eigenvalue weighted by Gasteiger charge is 2.53. The summed E-state index contributed by atoms with van der Waals surface area (Å²) in [4.78, 5) is 56.3. The highest BCUT2D eigenvalue weighted by atomic mass is 16.5. The number of aryl methyl sites for hydroxylation is 1. The number of carbonyl (C=O) groups excluding carboxylic acids is 4. The average molecular weight is 498 g/mol. The standard InChI is InChI=1S/C29H27N3O5/c1-19-8-10-20(11-9-19)27(35)30(3)21-12-14-22(15-13-21)37-26(34)18-31-28(36)23-6-4-5-7-24(23)32-25(33)16-17-29(31,32)2/h4-15H,16-18H2,1-3H3. The lowest BCUT2D eigenvalue weighted by Gasteiger charge is -2.48. The lowest BCUT2D eigenvalue weighted by Crippen LogP contribution is -2.63. The van der Waals surface area contributed by atoms with Crippen molar-refractivity contribution in [3.05, 3.63) is 89.5 Å². The molecule has 0 radical (unpaired) electrons. The number of anilines is 2. The predicted molar refractivity (Wildman–Crippen MR) is 139 cm³/mol. The van der Waals surface area contributed by atoms with E-state index in [-0.39, 0.29) is 24.3 Å². The molecule has 0 N–H and O–H groups in total. The minimum atomic E-state index is -0.940. The van der Waals surface area contributed by atoms with Crippen molar-refractivity contribution in [1.82, 2.24) is 4.90 Å². The fraction of sp³-hybridized carbons (Fsp3) is 0.241. The summed E-state index contributed by atoms with van der Waals surface area (Å²) in [6, 6.07) is 20.9. The van der Waals surface area contributed by atoms with Crippen molar-refractivity contribution in [3.8, 4) is 5.75 Å². The number of ether oxygens (including phenoxy) is 1. The second-order valence-electron chi connectivity index (χ2n) is 9.55. The Balaban J connectivity index is 1.29. The fourth-order valence-electron chi connectivity index (χ4n) is 4.98. The van der Waals surface area contributed by atoms with Gasteiger partial charge in [0.15, 0.2) is 0 Å². The third-order valence-electron chi connectivity index (χ3n) is 7.09. The summed E-state index contributed by atoms with van der Waals surface area (Å²) in [6.45, 7) is 3.46. The van der Waals surface area contributed by atoms with Crippen molar-refractivity contribution >= 4 is 35.1 Å². The summed E-state index contributed by atoms with van der Waals surface area (Å²) < 4.78 is 5.53. The van der Waals surface area contributed by atoms with Crippen LogP contribution < -0.4 is 14.5 Å². The van der Waals surface area contributed by atoms with Crippen LogP contribution in [0.3, 0.4) is 0 Å². The van der Waals surface area contributed by atoms with Gasteiger partial charge in [-0.15, -0.1) is 0 Å². The number of fused-ring (bicyclic) bond motifs is 3. The summed E-state index contributed by atoms with van der Waals surface area (Å²) in [5.74, 6) is -0.879. The smallest absolute Gasteiger partial charge is 0.331 e. The molecule has 188 valence electrons. The Morgan fingerprint density at radius 3 is 2.35 bits per heavy atom. The van der Waals surface area contributed by atoms with Gasteiger partial charge in [0.25, 0.3) is 11.8 Å². The third kappa shape index (κ3) is 4.24. The zero-order chi connectivity index (χ0) is 26.3. The van der Waals surface area contributed by atoms with Crippen LogP contribution in [0, 0.1) is 6.92 Å². The molecule has 0 aliphatic carbocycles. The normalized spacial score (nSPS) is 18.4. The Hall–Kier alpha value is -4.46. The van der Waals surface area contributed by atoms with Crippen molar-refractivity contribution in [1.29, 1.82) is 0 Å². The van der Waals surface area contributed by atoms with Gasteiger partial charge in [-0.3, -0.25) is 19.3 Å². The molecule has 1 fully saturated rings. The minimum Gasteiger partial charge on any atom is -0.425 e. The zero-order valence-corrected chi connectivity index (χ0v) is 20.9. The van der Waals surface area contributed by atoms with Crippen molar-refractivity contribution < 1.29 is 23.9 Å². The molecule has 37 heavy (non-hydrogen) atoms.